The predicted molar refractivity (Wildman–Crippen MR) is 70.4 cm³/mol. The highest BCUT2D eigenvalue weighted by Gasteiger charge is 2.43. The summed E-state index contributed by atoms with van der Waals surface area (Å²) in [7, 11) is 0. The van der Waals surface area contributed by atoms with Gasteiger partial charge in [0.15, 0.2) is 0 Å². The van der Waals surface area contributed by atoms with E-state index in [-0.39, 0.29) is 6.42 Å². The van der Waals surface area contributed by atoms with Gasteiger partial charge in [-0.05, 0) is 17.5 Å². The van der Waals surface area contributed by atoms with Gasteiger partial charge in [-0.2, -0.15) is 13.2 Å². The molecule has 0 spiro atoms. The van der Waals surface area contributed by atoms with Crippen molar-refractivity contribution < 1.29 is 18.0 Å². The molecule has 0 saturated carbocycles. The first kappa shape index (κ1) is 14.3. The van der Waals surface area contributed by atoms with Crippen molar-refractivity contribution in [3.63, 3.8) is 0 Å². The third kappa shape index (κ3) is 3.47. The van der Waals surface area contributed by atoms with Gasteiger partial charge in [0.2, 0.25) is 5.78 Å². The van der Waals surface area contributed by atoms with Crippen molar-refractivity contribution >= 4 is 5.78 Å². The molecule has 0 radical (unpaired) electrons. The second-order valence-corrected chi connectivity index (χ2v) is 4.52. The Kier molecular flexibility index (Phi) is 4.23. The highest BCUT2D eigenvalue weighted by molar-refractivity contribution is 5.90. The van der Waals surface area contributed by atoms with Gasteiger partial charge in [-0.15, -0.1) is 0 Å². The van der Waals surface area contributed by atoms with Crippen LogP contribution < -0.4 is 0 Å². The van der Waals surface area contributed by atoms with E-state index in [1.165, 1.54) is 0 Å². The quantitative estimate of drug-likeness (QED) is 0.821. The Balaban J connectivity index is 2.33. The second kappa shape index (κ2) is 5.90. The SMILES string of the molecule is O=C(C(Cc1ccccc1)c1ccccc1)C(F)(F)F. The van der Waals surface area contributed by atoms with Gasteiger partial charge < -0.3 is 0 Å². The molecular formula is C16H13F3O. The van der Waals surface area contributed by atoms with Crippen molar-refractivity contribution in [1.82, 2.24) is 0 Å². The Morgan fingerprint density at radius 1 is 0.900 bits per heavy atom. The number of ketones is 1. The van der Waals surface area contributed by atoms with Crippen LogP contribution in [0, 0.1) is 0 Å². The first-order valence-electron chi connectivity index (χ1n) is 6.18. The van der Waals surface area contributed by atoms with Crippen molar-refractivity contribution in [3.8, 4) is 0 Å². The smallest absolute Gasteiger partial charge is 0.289 e. The molecule has 0 aliphatic heterocycles. The van der Waals surface area contributed by atoms with E-state index < -0.39 is 17.9 Å². The van der Waals surface area contributed by atoms with E-state index in [2.05, 4.69) is 0 Å². The minimum Gasteiger partial charge on any atom is -0.289 e. The maximum Gasteiger partial charge on any atom is 0.450 e. The second-order valence-electron chi connectivity index (χ2n) is 4.52. The Morgan fingerprint density at radius 3 is 1.90 bits per heavy atom. The molecule has 0 N–H and O–H groups in total. The molecule has 0 fully saturated rings. The summed E-state index contributed by atoms with van der Waals surface area (Å²) < 4.78 is 38.2. The number of carbonyl (C=O) groups excluding carboxylic acids is 1. The minimum absolute atomic E-state index is 0.0448. The van der Waals surface area contributed by atoms with Crippen LogP contribution in [-0.4, -0.2) is 12.0 Å². The number of hydrogen-bond donors (Lipinski definition) is 0. The van der Waals surface area contributed by atoms with Gasteiger partial charge in [0.1, 0.15) is 0 Å². The Labute approximate surface area is 115 Å². The van der Waals surface area contributed by atoms with Crippen LogP contribution in [0.4, 0.5) is 13.2 Å². The largest absolute Gasteiger partial charge is 0.450 e. The standard InChI is InChI=1S/C16H13F3O/c17-16(18,19)15(20)14(13-9-5-2-6-10-13)11-12-7-3-1-4-8-12/h1-10,14H,11H2. The fourth-order valence-electron chi connectivity index (χ4n) is 2.09. The van der Waals surface area contributed by atoms with Gasteiger partial charge in [0.25, 0.3) is 0 Å². The molecular weight excluding hydrogens is 265 g/mol. The fraction of sp³-hybridized carbons (Fsp3) is 0.188. The van der Waals surface area contributed by atoms with E-state index in [1.807, 2.05) is 0 Å². The molecule has 0 aliphatic rings. The van der Waals surface area contributed by atoms with E-state index in [1.54, 1.807) is 60.7 Å². The lowest BCUT2D eigenvalue weighted by Gasteiger charge is -2.18. The van der Waals surface area contributed by atoms with E-state index in [4.69, 9.17) is 0 Å². The molecule has 0 saturated heterocycles. The van der Waals surface area contributed by atoms with Crippen LogP contribution in [0.1, 0.15) is 17.0 Å². The fourth-order valence-corrected chi connectivity index (χ4v) is 2.09. The van der Waals surface area contributed by atoms with E-state index in [0.29, 0.717) is 11.1 Å². The van der Waals surface area contributed by atoms with Crippen LogP contribution in [-0.2, 0) is 11.2 Å². The van der Waals surface area contributed by atoms with Crippen LogP contribution >= 0.6 is 0 Å². The molecule has 1 nitrogen and oxygen atoms in total. The first-order valence-corrected chi connectivity index (χ1v) is 6.18. The summed E-state index contributed by atoms with van der Waals surface area (Å²) in [6.45, 7) is 0. The molecule has 1 unspecified atom stereocenters. The molecule has 2 aromatic carbocycles. The van der Waals surface area contributed by atoms with E-state index in [9.17, 15) is 18.0 Å². The highest BCUT2D eigenvalue weighted by atomic mass is 19.4. The normalized spacial score (nSPS) is 12.9. The topological polar surface area (TPSA) is 17.1 Å². The summed E-state index contributed by atoms with van der Waals surface area (Å²) in [6, 6.07) is 16.8. The summed E-state index contributed by atoms with van der Waals surface area (Å²) in [6.07, 6.45) is -4.78. The van der Waals surface area contributed by atoms with Crippen LogP contribution in [0.3, 0.4) is 0 Å². The molecule has 20 heavy (non-hydrogen) atoms. The third-order valence-corrected chi connectivity index (χ3v) is 3.08. The van der Waals surface area contributed by atoms with Crippen molar-refractivity contribution in [2.45, 2.75) is 18.5 Å². The van der Waals surface area contributed by atoms with Gasteiger partial charge in [0.05, 0.1) is 5.92 Å². The molecule has 0 heterocycles. The van der Waals surface area contributed by atoms with Crippen LogP contribution in [0.2, 0.25) is 0 Å². The lowest BCUT2D eigenvalue weighted by Crippen LogP contribution is -2.30. The lowest BCUT2D eigenvalue weighted by atomic mass is 9.88. The monoisotopic (exact) mass is 278 g/mol. The van der Waals surface area contributed by atoms with Crippen molar-refractivity contribution in [3.05, 3.63) is 71.8 Å². The van der Waals surface area contributed by atoms with Crippen molar-refractivity contribution in [2.24, 2.45) is 0 Å². The summed E-state index contributed by atoms with van der Waals surface area (Å²) >= 11 is 0. The molecule has 2 rings (SSSR count). The van der Waals surface area contributed by atoms with Gasteiger partial charge in [-0.3, -0.25) is 4.79 Å². The molecule has 1 atom stereocenters. The number of alkyl halides is 3. The van der Waals surface area contributed by atoms with Gasteiger partial charge in [-0.1, -0.05) is 60.7 Å². The predicted octanol–water partition coefficient (Wildman–Crippen LogP) is 4.14. The van der Waals surface area contributed by atoms with Crippen molar-refractivity contribution in [1.29, 1.82) is 0 Å². The van der Waals surface area contributed by atoms with Crippen molar-refractivity contribution in [2.75, 3.05) is 0 Å². The zero-order valence-corrected chi connectivity index (χ0v) is 10.6. The first-order chi connectivity index (χ1) is 9.48. The molecule has 0 aliphatic carbocycles. The zero-order valence-electron chi connectivity index (χ0n) is 10.6. The lowest BCUT2D eigenvalue weighted by molar-refractivity contribution is -0.172. The van der Waals surface area contributed by atoms with E-state index in [0.717, 1.165) is 0 Å². The minimum atomic E-state index is -4.82. The molecule has 0 bridgehead atoms. The summed E-state index contributed by atoms with van der Waals surface area (Å²) in [5.74, 6) is -2.90. The number of benzene rings is 2. The third-order valence-electron chi connectivity index (χ3n) is 3.08. The summed E-state index contributed by atoms with van der Waals surface area (Å²) in [5.41, 5.74) is 1.10. The summed E-state index contributed by atoms with van der Waals surface area (Å²) in [5, 5.41) is 0. The number of carbonyl (C=O) groups is 1. The highest BCUT2D eigenvalue weighted by Crippen LogP contribution is 2.30. The summed E-state index contributed by atoms with van der Waals surface area (Å²) in [4.78, 5) is 11.6. The average Bonchev–Trinajstić information content (AvgIpc) is 2.45. The van der Waals surface area contributed by atoms with Gasteiger partial charge in [-0.25, -0.2) is 0 Å². The average molecular weight is 278 g/mol. The number of hydrogen-bond acceptors (Lipinski definition) is 1. The zero-order chi connectivity index (χ0) is 14.6. The van der Waals surface area contributed by atoms with Crippen LogP contribution in [0.5, 0.6) is 0 Å². The maximum atomic E-state index is 12.7. The molecule has 2 aromatic rings. The Morgan fingerprint density at radius 2 is 1.40 bits per heavy atom. The number of halogens is 3. The molecule has 4 heteroatoms. The molecule has 0 aromatic heterocycles. The van der Waals surface area contributed by atoms with Gasteiger partial charge in [0, 0.05) is 0 Å². The number of rotatable bonds is 4. The Bertz CT molecular complexity index is 561. The molecule has 0 amide bonds. The van der Waals surface area contributed by atoms with Crippen LogP contribution in [0.25, 0.3) is 0 Å². The molecule has 104 valence electrons. The van der Waals surface area contributed by atoms with Crippen LogP contribution in [0.15, 0.2) is 60.7 Å². The number of Topliss-reactive ketones (excluding diaryl/α,β-unsaturated/α-hetero) is 1. The van der Waals surface area contributed by atoms with Gasteiger partial charge >= 0.3 is 6.18 Å². The Hall–Kier alpha value is -2.10. The van der Waals surface area contributed by atoms with E-state index >= 15 is 0 Å². The maximum absolute atomic E-state index is 12.7.